The summed E-state index contributed by atoms with van der Waals surface area (Å²) < 4.78 is 34.3. The second-order valence-electron chi connectivity index (χ2n) is 19.4. The molecule has 2 saturated heterocycles. The van der Waals surface area contributed by atoms with Crippen molar-refractivity contribution in [1.29, 1.82) is 0 Å². The molecular formula is C56H100O14. The van der Waals surface area contributed by atoms with Gasteiger partial charge >= 0.3 is 5.97 Å². The van der Waals surface area contributed by atoms with Crippen LogP contribution >= 0.6 is 0 Å². The number of hydrogen-bond acceptors (Lipinski definition) is 14. The second kappa shape index (κ2) is 43.4. The predicted molar refractivity (Wildman–Crippen MR) is 275 cm³/mol. The van der Waals surface area contributed by atoms with Crippen molar-refractivity contribution in [1.82, 2.24) is 0 Å². The molecule has 0 aromatic rings. The van der Waals surface area contributed by atoms with E-state index in [1.807, 2.05) is 0 Å². The highest BCUT2D eigenvalue weighted by Crippen LogP contribution is 2.26. The molecule has 7 N–H and O–H groups in total. The Morgan fingerprint density at radius 3 is 1.40 bits per heavy atom. The minimum atomic E-state index is -1.71. The lowest BCUT2D eigenvalue weighted by Crippen LogP contribution is -2.61. The first kappa shape index (κ1) is 64.1. The summed E-state index contributed by atoms with van der Waals surface area (Å²) in [6.45, 7) is 3.63. The Morgan fingerprint density at radius 2 is 0.886 bits per heavy atom. The summed E-state index contributed by atoms with van der Waals surface area (Å²) in [5.74, 6) is -0.386. The highest BCUT2D eigenvalue weighted by Gasteiger charge is 2.47. The average molecular weight is 997 g/mol. The zero-order valence-corrected chi connectivity index (χ0v) is 43.5. The lowest BCUT2D eigenvalue weighted by Gasteiger charge is -2.42. The molecule has 0 spiro atoms. The normalized spacial score (nSPS) is 25.8. The van der Waals surface area contributed by atoms with Crippen LogP contribution in [0.2, 0.25) is 0 Å². The molecule has 0 radical (unpaired) electrons. The van der Waals surface area contributed by atoms with E-state index in [0.717, 1.165) is 64.2 Å². The largest absolute Gasteiger partial charge is 0.457 e. The maximum Gasteiger partial charge on any atom is 0.306 e. The summed E-state index contributed by atoms with van der Waals surface area (Å²) in [5.41, 5.74) is 0. The van der Waals surface area contributed by atoms with Gasteiger partial charge < -0.3 is 64.2 Å². The smallest absolute Gasteiger partial charge is 0.306 e. The first-order valence-corrected chi connectivity index (χ1v) is 27.7. The standard InChI is InChI=1S/C56H100O14/c1-3-5-7-9-11-13-15-17-19-21-23-25-27-29-31-33-35-37-39-48(58)68-45(42-65-40-38-36-34-32-30-28-26-24-22-20-18-16-14-12-10-8-6-4-2)43-66-55-54(64)52(62)50(60)47(70-55)44-67-56-53(63)51(61)49(59)46(41-57)69-56/h12-15,18-21,45-47,49-57,59-64H,3-11,16-17,22-44H2,1-2H3/b14-12-,15-13-,20-18-,21-19-. The Kier molecular flexibility index (Phi) is 39.7. The number of hydrogen-bond donors (Lipinski definition) is 7. The summed E-state index contributed by atoms with van der Waals surface area (Å²) >= 11 is 0. The number of esters is 1. The fraction of sp³-hybridized carbons (Fsp3) is 0.839. The number of allylic oxidation sites excluding steroid dienone is 8. The zero-order valence-electron chi connectivity index (χ0n) is 43.5. The van der Waals surface area contributed by atoms with Crippen molar-refractivity contribution in [3.63, 3.8) is 0 Å². The number of rotatable bonds is 44. The summed E-state index contributed by atoms with van der Waals surface area (Å²) in [4.78, 5) is 13.0. The van der Waals surface area contributed by atoms with Crippen LogP contribution in [0.1, 0.15) is 200 Å². The summed E-state index contributed by atoms with van der Waals surface area (Å²) in [6, 6.07) is 0. The van der Waals surface area contributed by atoms with Gasteiger partial charge in [0.05, 0.1) is 26.4 Å². The molecule has 0 amide bonds. The molecule has 2 heterocycles. The second-order valence-corrected chi connectivity index (χ2v) is 19.4. The monoisotopic (exact) mass is 997 g/mol. The molecule has 408 valence electrons. The van der Waals surface area contributed by atoms with Crippen molar-refractivity contribution < 1.29 is 69.0 Å². The number of carbonyl (C=O) groups excluding carboxylic acids is 1. The molecule has 0 aromatic heterocycles. The van der Waals surface area contributed by atoms with E-state index in [1.165, 1.54) is 109 Å². The lowest BCUT2D eigenvalue weighted by atomic mass is 9.98. The van der Waals surface area contributed by atoms with Crippen LogP contribution < -0.4 is 0 Å². The van der Waals surface area contributed by atoms with E-state index in [4.69, 9.17) is 28.4 Å². The number of ether oxygens (including phenoxy) is 6. The summed E-state index contributed by atoms with van der Waals surface area (Å²) in [6.07, 6.45) is 34.5. The van der Waals surface area contributed by atoms with Crippen molar-refractivity contribution in [2.75, 3.05) is 33.0 Å². The third-order valence-electron chi connectivity index (χ3n) is 13.1. The van der Waals surface area contributed by atoms with Gasteiger partial charge in [-0.15, -0.1) is 0 Å². The van der Waals surface area contributed by atoms with Crippen molar-refractivity contribution in [2.24, 2.45) is 0 Å². The average Bonchev–Trinajstić information content (AvgIpc) is 3.36. The molecular weight excluding hydrogens is 897 g/mol. The van der Waals surface area contributed by atoms with Gasteiger partial charge in [-0.3, -0.25) is 4.79 Å². The molecule has 11 atom stereocenters. The van der Waals surface area contributed by atoms with Crippen LogP contribution in [-0.2, 0) is 33.2 Å². The van der Waals surface area contributed by atoms with E-state index >= 15 is 0 Å². The van der Waals surface area contributed by atoms with Gasteiger partial charge in [-0.05, 0) is 77.0 Å². The third-order valence-corrected chi connectivity index (χ3v) is 13.1. The minimum Gasteiger partial charge on any atom is -0.457 e. The van der Waals surface area contributed by atoms with Gasteiger partial charge in [-0.2, -0.15) is 0 Å². The van der Waals surface area contributed by atoms with Crippen molar-refractivity contribution in [2.45, 2.75) is 268 Å². The maximum atomic E-state index is 13.0. The molecule has 2 aliphatic rings. The summed E-state index contributed by atoms with van der Waals surface area (Å²) in [7, 11) is 0. The lowest BCUT2D eigenvalue weighted by molar-refractivity contribution is -0.332. The van der Waals surface area contributed by atoms with Crippen LogP contribution in [0, 0.1) is 0 Å². The van der Waals surface area contributed by atoms with E-state index in [1.54, 1.807) is 0 Å². The molecule has 70 heavy (non-hydrogen) atoms. The maximum absolute atomic E-state index is 13.0. The fourth-order valence-corrected chi connectivity index (χ4v) is 8.52. The van der Waals surface area contributed by atoms with Gasteiger partial charge in [0.25, 0.3) is 0 Å². The SMILES string of the molecule is CCCCC/C=C\C/C=C\CCCCCCCCCCOCC(COC1OC(COC2OC(CO)C(O)C(O)C2O)C(O)C(O)C1O)OC(=O)CCCCCCCCC/C=C\C/C=C\CCCCCC. The molecule has 14 heteroatoms. The van der Waals surface area contributed by atoms with Gasteiger partial charge in [-0.25, -0.2) is 0 Å². The van der Waals surface area contributed by atoms with Gasteiger partial charge in [-0.1, -0.05) is 165 Å². The minimum absolute atomic E-state index is 0.0537. The van der Waals surface area contributed by atoms with E-state index < -0.39 is 80.7 Å². The number of aliphatic hydroxyl groups excluding tert-OH is 7. The van der Waals surface area contributed by atoms with Crippen LogP contribution in [-0.4, -0.2) is 142 Å². The predicted octanol–water partition coefficient (Wildman–Crippen LogP) is 9.13. The van der Waals surface area contributed by atoms with Gasteiger partial charge in [0.1, 0.15) is 54.9 Å². The number of unbranched alkanes of at least 4 members (excludes halogenated alkanes) is 22. The van der Waals surface area contributed by atoms with Crippen LogP contribution in [0.25, 0.3) is 0 Å². The molecule has 2 fully saturated rings. The van der Waals surface area contributed by atoms with Crippen molar-refractivity contribution >= 4 is 5.97 Å². The van der Waals surface area contributed by atoms with E-state index in [2.05, 4.69) is 62.5 Å². The third kappa shape index (κ3) is 30.2. The molecule has 0 bridgehead atoms. The van der Waals surface area contributed by atoms with Crippen LogP contribution in [0.3, 0.4) is 0 Å². The fourth-order valence-electron chi connectivity index (χ4n) is 8.52. The summed E-state index contributed by atoms with van der Waals surface area (Å²) in [5, 5.41) is 72.2. The molecule has 14 nitrogen and oxygen atoms in total. The topological polar surface area (TPSA) is 214 Å². The molecule has 0 aliphatic carbocycles. The molecule has 2 rings (SSSR count). The highest BCUT2D eigenvalue weighted by molar-refractivity contribution is 5.69. The highest BCUT2D eigenvalue weighted by atomic mass is 16.7. The van der Waals surface area contributed by atoms with Gasteiger partial charge in [0.2, 0.25) is 0 Å². The molecule has 11 unspecified atom stereocenters. The van der Waals surface area contributed by atoms with E-state index in [0.29, 0.717) is 13.0 Å². The number of aliphatic hydroxyl groups is 7. The Hall–Kier alpha value is -2.05. The van der Waals surface area contributed by atoms with E-state index in [-0.39, 0.29) is 25.6 Å². The zero-order chi connectivity index (χ0) is 50.9. The molecule has 0 aromatic carbocycles. The molecule has 2 aliphatic heterocycles. The Labute approximate surface area is 422 Å². The molecule has 0 saturated carbocycles. The Morgan fingerprint density at radius 1 is 0.471 bits per heavy atom. The Balaban J connectivity index is 1.75. The van der Waals surface area contributed by atoms with Gasteiger partial charge in [0, 0.05) is 13.0 Å². The van der Waals surface area contributed by atoms with Crippen LogP contribution in [0.5, 0.6) is 0 Å². The first-order chi connectivity index (χ1) is 34.1. The first-order valence-electron chi connectivity index (χ1n) is 27.7. The van der Waals surface area contributed by atoms with Crippen molar-refractivity contribution in [3.8, 4) is 0 Å². The van der Waals surface area contributed by atoms with Crippen LogP contribution in [0.15, 0.2) is 48.6 Å². The van der Waals surface area contributed by atoms with Crippen molar-refractivity contribution in [3.05, 3.63) is 48.6 Å². The van der Waals surface area contributed by atoms with Crippen LogP contribution in [0.4, 0.5) is 0 Å². The van der Waals surface area contributed by atoms with Gasteiger partial charge in [0.15, 0.2) is 12.6 Å². The Bertz CT molecular complexity index is 1340. The number of carbonyl (C=O) groups is 1. The van der Waals surface area contributed by atoms with E-state index in [9.17, 15) is 40.5 Å². The quantitative estimate of drug-likeness (QED) is 0.0172.